The summed E-state index contributed by atoms with van der Waals surface area (Å²) in [5.41, 5.74) is 2.50. The van der Waals surface area contributed by atoms with Crippen LogP contribution in [-0.2, 0) is 0 Å². The average Bonchev–Trinajstić information content (AvgIpc) is 2.72. The van der Waals surface area contributed by atoms with Gasteiger partial charge in [0.05, 0.1) is 18.2 Å². The molecule has 0 fully saturated rings. The summed E-state index contributed by atoms with van der Waals surface area (Å²) < 4.78 is 11.3. The number of ether oxygens (including phenoxy) is 2. The van der Waals surface area contributed by atoms with Crippen molar-refractivity contribution in [2.24, 2.45) is 0 Å². The topological polar surface area (TPSA) is 55.8 Å². The Morgan fingerprint density at radius 1 is 1.17 bits per heavy atom. The van der Waals surface area contributed by atoms with Crippen molar-refractivity contribution in [1.82, 2.24) is 0 Å². The van der Waals surface area contributed by atoms with Gasteiger partial charge in [-0.3, -0.25) is 4.79 Å². The highest BCUT2D eigenvalue weighted by Gasteiger charge is 2.29. The molecule has 1 aliphatic rings. The fourth-order valence-electron chi connectivity index (χ4n) is 3.34. The lowest BCUT2D eigenvalue weighted by Gasteiger charge is -2.32. The molecule has 2 aromatic rings. The molecule has 4 nitrogen and oxygen atoms in total. The van der Waals surface area contributed by atoms with Crippen LogP contribution < -0.4 is 9.47 Å². The van der Waals surface area contributed by atoms with E-state index in [-0.39, 0.29) is 17.1 Å². The molecule has 1 heterocycles. The van der Waals surface area contributed by atoms with Crippen LogP contribution in [0.2, 0.25) is 0 Å². The van der Waals surface area contributed by atoms with Crippen molar-refractivity contribution in [3.8, 4) is 17.2 Å². The van der Waals surface area contributed by atoms with Gasteiger partial charge in [-0.25, -0.2) is 0 Å². The van der Waals surface area contributed by atoms with E-state index in [0.29, 0.717) is 11.3 Å². The smallest absolute Gasteiger partial charge is 0.189 e. The van der Waals surface area contributed by atoms with Crippen LogP contribution in [0.25, 0.3) is 12.2 Å². The number of allylic oxidation sites excluding steroid dienone is 3. The van der Waals surface area contributed by atoms with Crippen molar-refractivity contribution in [2.75, 3.05) is 7.11 Å². The van der Waals surface area contributed by atoms with Crippen LogP contribution in [0, 0.1) is 0 Å². The number of phenolic OH excluding ortho intramolecular Hbond substituents is 1. The molecule has 1 N–H and O–H groups in total. The second-order valence-corrected chi connectivity index (χ2v) is 7.91. The lowest BCUT2D eigenvalue weighted by Crippen LogP contribution is -2.31. The van der Waals surface area contributed by atoms with Gasteiger partial charge in [0.2, 0.25) is 0 Å². The van der Waals surface area contributed by atoms with Gasteiger partial charge in [-0.15, -0.1) is 0 Å². The summed E-state index contributed by atoms with van der Waals surface area (Å²) in [7, 11) is 1.61. The predicted octanol–water partition coefficient (Wildman–Crippen LogP) is 6.21. The summed E-state index contributed by atoms with van der Waals surface area (Å²) >= 11 is 0. The normalized spacial score (nSPS) is 17.3. The third kappa shape index (κ3) is 5.01. The predicted molar refractivity (Wildman–Crippen MR) is 121 cm³/mol. The molecular formula is C26H28O4. The summed E-state index contributed by atoms with van der Waals surface area (Å²) in [6, 6.07) is 10.8. The summed E-state index contributed by atoms with van der Waals surface area (Å²) in [6.45, 7) is 6.18. The first-order valence-electron chi connectivity index (χ1n) is 10.1. The van der Waals surface area contributed by atoms with Crippen LogP contribution >= 0.6 is 0 Å². The number of carbonyl (C=O) groups excluding carboxylic acids is 1. The standard InChI is InChI=1S/C26H28O4/c1-18(2)6-5-16-26(3)17-15-22-24(30-26)14-12-21(25(22)28)23(27)13-9-19-7-10-20(29-4)11-8-19/h6-15,17,28H,5,16H2,1-4H3/b13-9+. The molecule has 0 saturated carbocycles. The van der Waals surface area contributed by atoms with Gasteiger partial charge in [-0.2, -0.15) is 0 Å². The van der Waals surface area contributed by atoms with Crippen molar-refractivity contribution in [1.29, 1.82) is 0 Å². The van der Waals surface area contributed by atoms with Crippen LogP contribution in [0.4, 0.5) is 0 Å². The highest BCUT2D eigenvalue weighted by atomic mass is 16.5. The van der Waals surface area contributed by atoms with E-state index in [0.717, 1.165) is 24.2 Å². The molecule has 2 aromatic carbocycles. The number of fused-ring (bicyclic) bond motifs is 1. The van der Waals surface area contributed by atoms with Crippen LogP contribution in [0.15, 0.2) is 60.2 Å². The molecular weight excluding hydrogens is 376 g/mol. The zero-order valence-electron chi connectivity index (χ0n) is 17.9. The van der Waals surface area contributed by atoms with Crippen molar-refractivity contribution in [3.05, 3.63) is 76.9 Å². The van der Waals surface area contributed by atoms with Gasteiger partial charge in [0.15, 0.2) is 5.78 Å². The first kappa shape index (κ1) is 21.4. The minimum atomic E-state index is -0.439. The molecule has 0 radical (unpaired) electrons. The van der Waals surface area contributed by atoms with Gasteiger partial charge in [0, 0.05) is 0 Å². The maximum atomic E-state index is 12.6. The van der Waals surface area contributed by atoms with Crippen LogP contribution in [0.5, 0.6) is 17.2 Å². The van der Waals surface area contributed by atoms with Crippen molar-refractivity contribution >= 4 is 17.9 Å². The van der Waals surface area contributed by atoms with Crippen molar-refractivity contribution in [3.63, 3.8) is 0 Å². The third-order valence-electron chi connectivity index (χ3n) is 5.12. The monoisotopic (exact) mass is 404 g/mol. The maximum Gasteiger partial charge on any atom is 0.189 e. The lowest BCUT2D eigenvalue weighted by atomic mass is 9.93. The highest BCUT2D eigenvalue weighted by molar-refractivity contribution is 6.09. The summed E-state index contributed by atoms with van der Waals surface area (Å²) in [5.74, 6) is 1.02. The Morgan fingerprint density at radius 3 is 2.57 bits per heavy atom. The number of aromatic hydroxyl groups is 1. The molecule has 0 bridgehead atoms. The van der Waals surface area contributed by atoms with Gasteiger partial charge in [-0.05, 0) is 81.7 Å². The number of hydrogen-bond acceptors (Lipinski definition) is 4. The molecule has 3 rings (SSSR count). The third-order valence-corrected chi connectivity index (χ3v) is 5.12. The average molecular weight is 405 g/mol. The zero-order chi connectivity index (χ0) is 21.7. The van der Waals surface area contributed by atoms with E-state index in [9.17, 15) is 9.90 Å². The van der Waals surface area contributed by atoms with Crippen molar-refractivity contribution < 1.29 is 19.4 Å². The maximum absolute atomic E-state index is 12.6. The first-order chi connectivity index (χ1) is 14.3. The number of ketones is 1. The molecule has 156 valence electrons. The molecule has 0 saturated heterocycles. The number of carbonyl (C=O) groups is 1. The molecule has 1 aliphatic heterocycles. The fourth-order valence-corrected chi connectivity index (χ4v) is 3.34. The molecule has 30 heavy (non-hydrogen) atoms. The van der Waals surface area contributed by atoms with Gasteiger partial charge >= 0.3 is 0 Å². The number of methoxy groups -OCH3 is 1. The van der Waals surface area contributed by atoms with Crippen LogP contribution in [0.1, 0.15) is 55.1 Å². The van der Waals surface area contributed by atoms with E-state index in [4.69, 9.17) is 9.47 Å². The number of benzene rings is 2. The summed E-state index contributed by atoms with van der Waals surface area (Å²) in [5, 5.41) is 10.7. The quantitative estimate of drug-likeness (QED) is 0.339. The molecule has 4 heteroatoms. The molecule has 0 aliphatic carbocycles. The van der Waals surface area contributed by atoms with E-state index >= 15 is 0 Å². The highest BCUT2D eigenvalue weighted by Crippen LogP contribution is 2.40. The van der Waals surface area contributed by atoms with Crippen molar-refractivity contribution in [2.45, 2.75) is 39.2 Å². The van der Waals surface area contributed by atoms with Gasteiger partial charge in [0.25, 0.3) is 0 Å². The number of hydrogen-bond donors (Lipinski definition) is 1. The summed E-state index contributed by atoms with van der Waals surface area (Å²) in [6.07, 6.45) is 10.9. The first-order valence-corrected chi connectivity index (χ1v) is 10.1. The van der Waals surface area contributed by atoms with E-state index in [1.54, 1.807) is 25.3 Å². The number of phenols is 1. The van der Waals surface area contributed by atoms with E-state index < -0.39 is 5.60 Å². The molecule has 1 unspecified atom stereocenters. The van der Waals surface area contributed by atoms with Gasteiger partial charge in [-0.1, -0.05) is 29.9 Å². The number of rotatable bonds is 7. The second kappa shape index (κ2) is 9.04. The fraction of sp³-hybridized carbons (Fsp3) is 0.269. The Morgan fingerprint density at radius 2 is 1.90 bits per heavy atom. The van der Waals surface area contributed by atoms with E-state index in [1.165, 1.54) is 11.6 Å². The van der Waals surface area contributed by atoms with E-state index in [1.807, 2.05) is 43.3 Å². The molecule has 0 amide bonds. The second-order valence-electron chi connectivity index (χ2n) is 7.91. The Kier molecular flexibility index (Phi) is 6.46. The lowest BCUT2D eigenvalue weighted by molar-refractivity contribution is 0.104. The van der Waals surface area contributed by atoms with Crippen LogP contribution in [-0.4, -0.2) is 23.6 Å². The van der Waals surface area contributed by atoms with Crippen LogP contribution in [0.3, 0.4) is 0 Å². The largest absolute Gasteiger partial charge is 0.506 e. The van der Waals surface area contributed by atoms with Gasteiger partial charge < -0.3 is 14.6 Å². The zero-order valence-corrected chi connectivity index (χ0v) is 17.9. The SMILES string of the molecule is COc1ccc(/C=C/C(=O)c2ccc3c(c2O)C=CC(C)(CCC=C(C)C)O3)cc1. The van der Waals surface area contributed by atoms with E-state index in [2.05, 4.69) is 19.9 Å². The molecule has 1 atom stereocenters. The minimum absolute atomic E-state index is 0.0560. The van der Waals surface area contributed by atoms with Gasteiger partial charge in [0.1, 0.15) is 22.8 Å². The Bertz CT molecular complexity index is 1010. The summed E-state index contributed by atoms with van der Waals surface area (Å²) in [4.78, 5) is 12.6. The Balaban J connectivity index is 1.76. The Hall–Kier alpha value is -3.27. The molecule has 0 spiro atoms. The Labute approximate surface area is 178 Å². The molecule has 0 aromatic heterocycles. The minimum Gasteiger partial charge on any atom is -0.506 e.